The number of rotatable bonds is 7. The smallest absolute Gasteiger partial charge is 0.340 e. The second-order valence-electron chi connectivity index (χ2n) is 6.55. The first-order chi connectivity index (χ1) is 12.1. The molecule has 2 unspecified atom stereocenters. The molecule has 0 bridgehead atoms. The fourth-order valence-corrected chi connectivity index (χ4v) is 3.47. The van der Waals surface area contributed by atoms with Gasteiger partial charge in [0.1, 0.15) is 6.04 Å². The Kier molecular flexibility index (Phi) is 5.36. The molecule has 2 amide bonds. The zero-order valence-corrected chi connectivity index (χ0v) is 14.5. The largest absolute Gasteiger partial charge is 0.433 e. The van der Waals surface area contributed by atoms with Crippen LogP contribution in [0.25, 0.3) is 0 Å². The minimum atomic E-state index is -0.797. The Hall–Kier alpha value is -2.37. The molecule has 134 valence electrons. The van der Waals surface area contributed by atoms with E-state index >= 15 is 0 Å². The molecule has 2 heterocycles. The van der Waals surface area contributed by atoms with Gasteiger partial charge in [-0.15, -0.1) is 0 Å². The van der Waals surface area contributed by atoms with Crippen LogP contribution >= 0.6 is 0 Å². The Labute approximate surface area is 147 Å². The summed E-state index contributed by atoms with van der Waals surface area (Å²) >= 11 is 0. The molecule has 1 N–H and O–H groups in total. The van der Waals surface area contributed by atoms with Crippen molar-refractivity contribution >= 4 is 17.8 Å². The maximum absolute atomic E-state index is 12.5. The van der Waals surface area contributed by atoms with E-state index in [1.807, 2.05) is 0 Å². The first-order valence-electron chi connectivity index (χ1n) is 9.02. The number of amides is 2. The fourth-order valence-electron chi connectivity index (χ4n) is 3.47. The molecule has 1 aromatic carbocycles. The molecular formula is C19H24N2O4. The van der Waals surface area contributed by atoms with Crippen molar-refractivity contribution in [3.63, 3.8) is 0 Å². The van der Waals surface area contributed by atoms with Crippen molar-refractivity contribution < 1.29 is 19.1 Å². The van der Waals surface area contributed by atoms with Crippen molar-refractivity contribution in [2.45, 2.75) is 57.7 Å². The number of carbonyl (C=O) groups excluding carboxylic acids is 3. The number of hydrogen-bond acceptors (Lipinski definition) is 4. The molecule has 2 aliphatic heterocycles. The van der Waals surface area contributed by atoms with Crippen LogP contribution in [-0.4, -0.2) is 35.3 Å². The van der Waals surface area contributed by atoms with Crippen molar-refractivity contribution in [3.05, 3.63) is 35.4 Å². The van der Waals surface area contributed by atoms with Crippen LogP contribution in [0.15, 0.2) is 24.3 Å². The number of carbonyl (C=O) groups is 3. The van der Waals surface area contributed by atoms with Crippen molar-refractivity contribution in [2.75, 3.05) is 6.54 Å². The molecule has 6 nitrogen and oxygen atoms in total. The molecular weight excluding hydrogens is 320 g/mol. The number of fused-ring (bicyclic) bond motifs is 1. The summed E-state index contributed by atoms with van der Waals surface area (Å²) in [6, 6.07) is 6.44. The molecule has 3 rings (SSSR count). The SMILES string of the molecule is CCCCCCNC(=O)C1CCC(=O)N1C1OC(=O)c2ccccc21. The van der Waals surface area contributed by atoms with E-state index < -0.39 is 18.2 Å². The van der Waals surface area contributed by atoms with Gasteiger partial charge in [0.05, 0.1) is 5.56 Å². The number of cyclic esters (lactones) is 1. The lowest BCUT2D eigenvalue weighted by atomic mass is 10.1. The summed E-state index contributed by atoms with van der Waals surface area (Å²) in [5.74, 6) is -0.762. The highest BCUT2D eigenvalue weighted by molar-refractivity contribution is 5.96. The van der Waals surface area contributed by atoms with E-state index in [0.29, 0.717) is 30.5 Å². The third-order valence-corrected chi connectivity index (χ3v) is 4.81. The summed E-state index contributed by atoms with van der Waals surface area (Å²) in [4.78, 5) is 38.4. The van der Waals surface area contributed by atoms with Gasteiger partial charge in [0.15, 0.2) is 0 Å². The molecule has 0 radical (unpaired) electrons. The van der Waals surface area contributed by atoms with Crippen LogP contribution in [0.2, 0.25) is 0 Å². The van der Waals surface area contributed by atoms with Gasteiger partial charge in [-0.3, -0.25) is 14.5 Å². The number of ether oxygens (including phenoxy) is 1. The molecule has 2 aliphatic rings. The van der Waals surface area contributed by atoms with Gasteiger partial charge in [-0.25, -0.2) is 4.79 Å². The Morgan fingerprint density at radius 2 is 2.04 bits per heavy atom. The maximum Gasteiger partial charge on any atom is 0.340 e. The number of hydrogen-bond donors (Lipinski definition) is 1. The summed E-state index contributed by atoms with van der Waals surface area (Å²) in [5.41, 5.74) is 1.12. The predicted molar refractivity (Wildman–Crippen MR) is 91.6 cm³/mol. The number of likely N-dealkylation sites (tertiary alicyclic amines) is 1. The molecule has 0 aromatic heterocycles. The van der Waals surface area contributed by atoms with E-state index in [0.717, 1.165) is 25.7 Å². The number of nitrogens with zero attached hydrogens (tertiary/aromatic N) is 1. The normalized spacial score (nSPS) is 22.0. The lowest BCUT2D eigenvalue weighted by molar-refractivity contribution is -0.145. The lowest BCUT2D eigenvalue weighted by Gasteiger charge is -2.29. The molecule has 0 saturated carbocycles. The molecule has 6 heteroatoms. The van der Waals surface area contributed by atoms with Crippen LogP contribution < -0.4 is 5.32 Å². The van der Waals surface area contributed by atoms with E-state index in [1.54, 1.807) is 24.3 Å². The Morgan fingerprint density at radius 3 is 2.84 bits per heavy atom. The van der Waals surface area contributed by atoms with Gasteiger partial charge in [-0.1, -0.05) is 44.4 Å². The third-order valence-electron chi connectivity index (χ3n) is 4.81. The predicted octanol–water partition coefficient (Wildman–Crippen LogP) is 2.54. The highest BCUT2D eigenvalue weighted by Crippen LogP contribution is 2.38. The molecule has 1 aromatic rings. The number of nitrogens with one attached hydrogen (secondary N) is 1. The van der Waals surface area contributed by atoms with Gasteiger partial charge in [0, 0.05) is 18.5 Å². The van der Waals surface area contributed by atoms with E-state index in [9.17, 15) is 14.4 Å². The van der Waals surface area contributed by atoms with Crippen LogP contribution in [0.3, 0.4) is 0 Å². The summed E-state index contributed by atoms with van der Waals surface area (Å²) in [6.07, 6.45) is 4.26. The second-order valence-corrected chi connectivity index (χ2v) is 6.55. The minimum absolute atomic E-state index is 0.152. The van der Waals surface area contributed by atoms with Crippen molar-refractivity contribution in [1.29, 1.82) is 0 Å². The average Bonchev–Trinajstić information content (AvgIpc) is 3.15. The highest BCUT2D eigenvalue weighted by Gasteiger charge is 2.46. The monoisotopic (exact) mass is 344 g/mol. The standard InChI is InChI=1S/C19H24N2O4/c1-2-3-4-7-12-20-17(23)15-10-11-16(22)21(15)18-13-8-5-6-9-14(13)19(24)25-18/h5-6,8-9,15,18H,2-4,7,10-12H2,1H3,(H,20,23). The fraction of sp³-hybridized carbons (Fsp3) is 0.526. The Morgan fingerprint density at radius 1 is 1.24 bits per heavy atom. The molecule has 0 spiro atoms. The molecule has 1 fully saturated rings. The van der Waals surface area contributed by atoms with Gasteiger partial charge in [-0.05, 0) is 18.9 Å². The van der Waals surface area contributed by atoms with E-state index in [-0.39, 0.29) is 11.8 Å². The average molecular weight is 344 g/mol. The van der Waals surface area contributed by atoms with Crippen LogP contribution in [0.5, 0.6) is 0 Å². The molecule has 25 heavy (non-hydrogen) atoms. The maximum atomic E-state index is 12.5. The Bertz CT molecular complexity index is 673. The van der Waals surface area contributed by atoms with E-state index in [2.05, 4.69) is 12.2 Å². The van der Waals surface area contributed by atoms with E-state index in [4.69, 9.17) is 4.74 Å². The highest BCUT2D eigenvalue weighted by atomic mass is 16.6. The van der Waals surface area contributed by atoms with Crippen LogP contribution in [0, 0.1) is 0 Å². The van der Waals surface area contributed by atoms with Crippen molar-refractivity contribution in [2.24, 2.45) is 0 Å². The number of unbranched alkanes of at least 4 members (excludes halogenated alkanes) is 3. The van der Waals surface area contributed by atoms with Gasteiger partial charge >= 0.3 is 5.97 Å². The minimum Gasteiger partial charge on any atom is -0.433 e. The summed E-state index contributed by atoms with van der Waals surface area (Å²) in [6.45, 7) is 2.75. The first kappa shape index (κ1) is 17.5. The lowest BCUT2D eigenvalue weighted by Crippen LogP contribution is -2.46. The van der Waals surface area contributed by atoms with E-state index in [1.165, 1.54) is 4.90 Å². The van der Waals surface area contributed by atoms with Crippen molar-refractivity contribution in [1.82, 2.24) is 10.2 Å². The molecule has 2 atom stereocenters. The topological polar surface area (TPSA) is 75.7 Å². The van der Waals surface area contributed by atoms with Gasteiger partial charge in [-0.2, -0.15) is 0 Å². The number of benzene rings is 1. The van der Waals surface area contributed by atoms with Crippen LogP contribution in [0.1, 0.15) is 67.6 Å². The number of esters is 1. The zero-order valence-electron chi connectivity index (χ0n) is 14.5. The second kappa shape index (κ2) is 7.68. The van der Waals surface area contributed by atoms with Gasteiger partial charge in [0.2, 0.25) is 18.0 Å². The van der Waals surface area contributed by atoms with Crippen LogP contribution in [0.4, 0.5) is 0 Å². The van der Waals surface area contributed by atoms with Gasteiger partial charge < -0.3 is 10.1 Å². The van der Waals surface area contributed by atoms with Crippen LogP contribution in [-0.2, 0) is 14.3 Å². The molecule has 1 saturated heterocycles. The quantitative estimate of drug-likeness (QED) is 0.609. The first-order valence-corrected chi connectivity index (χ1v) is 9.02. The Balaban J connectivity index is 1.69. The molecule has 0 aliphatic carbocycles. The summed E-state index contributed by atoms with van der Waals surface area (Å²) in [5, 5.41) is 2.92. The zero-order chi connectivity index (χ0) is 17.8. The summed E-state index contributed by atoms with van der Waals surface area (Å²) in [7, 11) is 0. The third kappa shape index (κ3) is 3.52. The summed E-state index contributed by atoms with van der Waals surface area (Å²) < 4.78 is 5.41. The van der Waals surface area contributed by atoms with Gasteiger partial charge in [0.25, 0.3) is 0 Å². The van der Waals surface area contributed by atoms with Crippen molar-refractivity contribution in [3.8, 4) is 0 Å².